The van der Waals surface area contributed by atoms with E-state index in [1.165, 1.54) is 36.4 Å². The molecular formula is C24H25F3N2O4S. The van der Waals surface area contributed by atoms with Gasteiger partial charge in [-0.05, 0) is 60.6 Å². The van der Waals surface area contributed by atoms with Gasteiger partial charge in [-0.3, -0.25) is 14.3 Å². The number of halogens is 3. The molecule has 182 valence electrons. The molecule has 2 aromatic carbocycles. The van der Waals surface area contributed by atoms with Crippen molar-refractivity contribution < 1.29 is 31.2 Å². The van der Waals surface area contributed by atoms with E-state index in [9.17, 15) is 31.2 Å². The van der Waals surface area contributed by atoms with Gasteiger partial charge in [0.1, 0.15) is 5.78 Å². The van der Waals surface area contributed by atoms with Crippen LogP contribution in [0.5, 0.6) is 0 Å². The summed E-state index contributed by atoms with van der Waals surface area (Å²) in [5.74, 6) is -0.862. The minimum absolute atomic E-state index is 0.0201. The Labute approximate surface area is 196 Å². The first-order chi connectivity index (χ1) is 15.7. The van der Waals surface area contributed by atoms with Gasteiger partial charge in [0.2, 0.25) is 10.0 Å². The summed E-state index contributed by atoms with van der Waals surface area (Å²) in [6, 6.07) is 9.88. The number of sulfonamides is 1. The topological polar surface area (TPSA) is 92.3 Å². The number of benzene rings is 2. The minimum Gasteiger partial charge on any atom is -0.322 e. The normalized spacial score (nSPS) is 23.7. The first-order valence-electron chi connectivity index (χ1n) is 10.9. The van der Waals surface area contributed by atoms with Crippen molar-refractivity contribution in [2.24, 2.45) is 16.7 Å². The van der Waals surface area contributed by atoms with E-state index in [4.69, 9.17) is 0 Å². The minimum atomic E-state index is -4.55. The molecule has 6 nitrogen and oxygen atoms in total. The maximum Gasteiger partial charge on any atom is 0.416 e. The van der Waals surface area contributed by atoms with Gasteiger partial charge in [0.15, 0.2) is 0 Å². The van der Waals surface area contributed by atoms with Crippen molar-refractivity contribution in [1.29, 1.82) is 0 Å². The van der Waals surface area contributed by atoms with Gasteiger partial charge in [0, 0.05) is 23.4 Å². The average Bonchev–Trinajstić information content (AvgIpc) is 3.07. The second-order valence-electron chi connectivity index (χ2n) is 9.64. The molecule has 0 aliphatic heterocycles. The molecule has 2 fully saturated rings. The zero-order valence-corrected chi connectivity index (χ0v) is 19.5. The summed E-state index contributed by atoms with van der Waals surface area (Å²) in [5, 5.41) is 2.40. The van der Waals surface area contributed by atoms with Crippen LogP contribution < -0.4 is 10.0 Å². The predicted octanol–water partition coefficient (Wildman–Crippen LogP) is 5.09. The van der Waals surface area contributed by atoms with E-state index in [0.717, 1.165) is 18.6 Å². The highest BCUT2D eigenvalue weighted by Gasteiger charge is 2.65. The van der Waals surface area contributed by atoms with E-state index in [2.05, 4.69) is 10.0 Å². The third-order valence-electron chi connectivity index (χ3n) is 7.42. The molecular weight excluding hydrogens is 469 g/mol. The van der Waals surface area contributed by atoms with Crippen LogP contribution in [0.1, 0.15) is 49.0 Å². The molecule has 2 aliphatic rings. The van der Waals surface area contributed by atoms with Gasteiger partial charge in [-0.25, -0.2) is 8.42 Å². The lowest BCUT2D eigenvalue weighted by Crippen LogP contribution is -2.43. The predicted molar refractivity (Wildman–Crippen MR) is 122 cm³/mol. The summed E-state index contributed by atoms with van der Waals surface area (Å²) >= 11 is 0. The Bertz CT molecular complexity index is 1260. The first kappa shape index (κ1) is 24.3. The van der Waals surface area contributed by atoms with E-state index >= 15 is 0 Å². The number of alkyl halides is 3. The standard InChI is InChI=1S/C24H25F3N2O4S/c1-22(2)16-9-10-23(22,20(30)13-16)14-34(32,33)29-19-8-3-5-15(11-19)21(31)28-18-7-4-6-17(12-18)24(25,26)27/h3-8,11-12,16,29H,9-10,13-14H2,1-2H3,(H,28,31)/t16-,23+/m1/s1. The number of anilines is 2. The molecule has 34 heavy (non-hydrogen) atoms. The third kappa shape index (κ3) is 4.31. The molecule has 1 amide bonds. The van der Waals surface area contributed by atoms with E-state index < -0.39 is 38.5 Å². The molecule has 4 rings (SSSR count). The molecule has 0 unspecified atom stereocenters. The summed E-state index contributed by atoms with van der Waals surface area (Å²) in [6.45, 7) is 3.90. The van der Waals surface area contributed by atoms with Crippen molar-refractivity contribution in [1.82, 2.24) is 0 Å². The Morgan fingerprint density at radius 1 is 1.09 bits per heavy atom. The molecule has 2 aliphatic carbocycles. The van der Waals surface area contributed by atoms with Gasteiger partial charge in [0.05, 0.1) is 16.7 Å². The fraction of sp³-hybridized carbons (Fsp3) is 0.417. The Morgan fingerprint density at radius 3 is 2.38 bits per heavy atom. The van der Waals surface area contributed by atoms with Crippen LogP contribution >= 0.6 is 0 Å². The second-order valence-corrected chi connectivity index (χ2v) is 11.4. The number of carbonyl (C=O) groups is 2. The zero-order valence-electron chi connectivity index (χ0n) is 18.7. The highest BCUT2D eigenvalue weighted by atomic mass is 32.2. The number of rotatable bonds is 6. The number of nitrogens with one attached hydrogen (secondary N) is 2. The Hall–Kier alpha value is -2.88. The molecule has 0 spiro atoms. The summed E-state index contributed by atoms with van der Waals surface area (Å²) in [4.78, 5) is 25.3. The molecule has 0 heterocycles. The van der Waals surface area contributed by atoms with Gasteiger partial charge in [0.25, 0.3) is 5.91 Å². The molecule has 2 atom stereocenters. The van der Waals surface area contributed by atoms with Gasteiger partial charge in [-0.15, -0.1) is 0 Å². The fourth-order valence-electron chi connectivity index (χ4n) is 5.35. The van der Waals surface area contributed by atoms with E-state index in [1.807, 2.05) is 13.8 Å². The Kier molecular flexibility index (Phi) is 5.78. The summed E-state index contributed by atoms with van der Waals surface area (Å²) in [7, 11) is -3.92. The van der Waals surface area contributed by atoms with Gasteiger partial charge in [-0.1, -0.05) is 26.0 Å². The smallest absolute Gasteiger partial charge is 0.322 e. The number of ketones is 1. The van der Waals surface area contributed by atoms with E-state index in [-0.39, 0.29) is 34.4 Å². The van der Waals surface area contributed by atoms with E-state index in [1.54, 1.807) is 0 Å². The summed E-state index contributed by atoms with van der Waals surface area (Å²) in [5.41, 5.74) is -2.08. The lowest BCUT2D eigenvalue weighted by Gasteiger charge is -2.36. The van der Waals surface area contributed by atoms with Crippen LogP contribution in [-0.4, -0.2) is 25.9 Å². The zero-order chi connectivity index (χ0) is 24.9. The van der Waals surface area contributed by atoms with Gasteiger partial charge in [-0.2, -0.15) is 13.2 Å². The van der Waals surface area contributed by atoms with Crippen LogP contribution in [0.15, 0.2) is 48.5 Å². The van der Waals surface area contributed by atoms with E-state index in [0.29, 0.717) is 12.8 Å². The number of hydrogen-bond acceptors (Lipinski definition) is 4. The highest BCUT2D eigenvalue weighted by Crippen LogP contribution is 2.64. The number of hydrogen-bond donors (Lipinski definition) is 2. The number of carbonyl (C=O) groups excluding carboxylic acids is 2. The van der Waals surface area contributed by atoms with Crippen LogP contribution in [0.2, 0.25) is 0 Å². The molecule has 2 saturated carbocycles. The van der Waals surface area contributed by atoms with Crippen LogP contribution in [-0.2, 0) is 21.0 Å². The largest absolute Gasteiger partial charge is 0.416 e. The number of fused-ring (bicyclic) bond motifs is 2. The SMILES string of the molecule is CC1(C)[C@@H]2CC[C@]1(CS(=O)(=O)Nc1cccc(C(=O)Nc3cccc(C(F)(F)F)c3)c1)C(=O)C2. The summed E-state index contributed by atoms with van der Waals surface area (Å²) in [6.07, 6.45) is -2.80. The Morgan fingerprint density at radius 2 is 1.76 bits per heavy atom. The molecule has 2 bridgehead atoms. The summed E-state index contributed by atoms with van der Waals surface area (Å²) < 4.78 is 67.2. The lowest BCUT2D eigenvalue weighted by molar-refractivity contribution is -0.137. The maximum absolute atomic E-state index is 13.0. The third-order valence-corrected chi connectivity index (χ3v) is 8.84. The molecule has 0 radical (unpaired) electrons. The van der Waals surface area contributed by atoms with Crippen molar-refractivity contribution in [3.05, 3.63) is 59.7 Å². The quantitative estimate of drug-likeness (QED) is 0.585. The van der Waals surface area contributed by atoms with Crippen molar-refractivity contribution in [3.8, 4) is 0 Å². The first-order valence-corrected chi connectivity index (χ1v) is 12.5. The van der Waals surface area contributed by atoms with Crippen LogP contribution in [0.4, 0.5) is 24.5 Å². The van der Waals surface area contributed by atoms with Crippen molar-refractivity contribution in [3.63, 3.8) is 0 Å². The van der Waals surface area contributed by atoms with Gasteiger partial charge >= 0.3 is 6.18 Å². The molecule has 0 aromatic heterocycles. The van der Waals surface area contributed by atoms with Crippen molar-refractivity contribution in [2.45, 2.75) is 39.3 Å². The molecule has 10 heteroatoms. The molecule has 2 N–H and O–H groups in total. The number of amides is 1. The lowest BCUT2D eigenvalue weighted by atomic mass is 9.70. The maximum atomic E-state index is 13.0. The van der Waals surface area contributed by atoms with Crippen LogP contribution in [0.3, 0.4) is 0 Å². The van der Waals surface area contributed by atoms with Crippen LogP contribution in [0.25, 0.3) is 0 Å². The van der Waals surface area contributed by atoms with Crippen molar-refractivity contribution in [2.75, 3.05) is 15.8 Å². The highest BCUT2D eigenvalue weighted by molar-refractivity contribution is 7.92. The monoisotopic (exact) mass is 494 g/mol. The molecule has 2 aromatic rings. The Balaban J connectivity index is 1.50. The van der Waals surface area contributed by atoms with Gasteiger partial charge < -0.3 is 5.32 Å². The molecule has 0 saturated heterocycles. The fourth-order valence-corrected chi connectivity index (χ4v) is 7.23. The average molecular weight is 495 g/mol. The van der Waals surface area contributed by atoms with Crippen molar-refractivity contribution >= 4 is 33.1 Å². The second kappa shape index (κ2) is 8.11. The van der Waals surface area contributed by atoms with Crippen LogP contribution in [0, 0.1) is 16.7 Å². The number of Topliss-reactive ketones (excluding diaryl/α,β-unsaturated/α-hetero) is 1.